The first-order valence-corrected chi connectivity index (χ1v) is 6.58. The Labute approximate surface area is 112 Å². The van der Waals surface area contributed by atoms with Crippen molar-refractivity contribution in [1.29, 1.82) is 0 Å². The fourth-order valence-corrected chi connectivity index (χ4v) is 2.96. The monoisotopic (exact) mass is 285 g/mol. The summed E-state index contributed by atoms with van der Waals surface area (Å²) in [7, 11) is 0. The molecule has 1 aliphatic heterocycles. The molecule has 0 spiro atoms. The van der Waals surface area contributed by atoms with Crippen molar-refractivity contribution in [3.63, 3.8) is 0 Å². The number of hydrogen-bond acceptors (Lipinski definition) is 4. The third-order valence-corrected chi connectivity index (χ3v) is 4.02. The summed E-state index contributed by atoms with van der Waals surface area (Å²) in [5.41, 5.74) is 0.607. The van der Waals surface area contributed by atoms with Crippen LogP contribution in [0.4, 0.5) is 4.39 Å². The van der Waals surface area contributed by atoms with Crippen molar-refractivity contribution < 1.29 is 14.2 Å². The molecule has 0 saturated heterocycles. The molecular formula is C12H9ClFNO2S. The predicted octanol–water partition coefficient (Wildman–Crippen LogP) is 3.49. The standard InChI is InChI=1S/C12H9ClFNO2S/c13-11-5-15-12(18-11)10-4-8(16)7-2-1-6(14)3-9(7)17-10/h1-3,5,8,10,16H,4H2/t8-,10?/m1/s1. The topological polar surface area (TPSA) is 42.4 Å². The lowest BCUT2D eigenvalue weighted by Gasteiger charge is -2.28. The minimum Gasteiger partial charge on any atom is -0.483 e. The van der Waals surface area contributed by atoms with Gasteiger partial charge in [-0.25, -0.2) is 9.37 Å². The van der Waals surface area contributed by atoms with Gasteiger partial charge in [-0.1, -0.05) is 11.6 Å². The first-order chi connectivity index (χ1) is 8.63. The molecule has 3 nitrogen and oxygen atoms in total. The van der Waals surface area contributed by atoms with Gasteiger partial charge in [-0.15, -0.1) is 11.3 Å². The van der Waals surface area contributed by atoms with Crippen molar-refractivity contribution in [2.75, 3.05) is 0 Å². The Morgan fingerprint density at radius 2 is 2.33 bits per heavy atom. The van der Waals surface area contributed by atoms with E-state index in [2.05, 4.69) is 4.98 Å². The van der Waals surface area contributed by atoms with E-state index in [9.17, 15) is 9.50 Å². The smallest absolute Gasteiger partial charge is 0.153 e. The van der Waals surface area contributed by atoms with Gasteiger partial charge in [-0.05, 0) is 12.1 Å². The summed E-state index contributed by atoms with van der Waals surface area (Å²) in [6, 6.07) is 4.13. The molecule has 3 rings (SSSR count). The molecule has 1 N–H and O–H groups in total. The first kappa shape index (κ1) is 11.9. The molecule has 1 aliphatic rings. The summed E-state index contributed by atoms with van der Waals surface area (Å²) >= 11 is 7.12. The molecule has 94 valence electrons. The first-order valence-electron chi connectivity index (χ1n) is 5.39. The van der Waals surface area contributed by atoms with Gasteiger partial charge in [0.2, 0.25) is 0 Å². The molecule has 0 bridgehead atoms. The van der Waals surface area contributed by atoms with Gasteiger partial charge < -0.3 is 9.84 Å². The lowest BCUT2D eigenvalue weighted by atomic mass is 9.99. The Morgan fingerprint density at radius 3 is 3.06 bits per heavy atom. The Bertz CT molecular complexity index is 589. The van der Waals surface area contributed by atoms with Crippen molar-refractivity contribution in [1.82, 2.24) is 4.98 Å². The van der Waals surface area contributed by atoms with Crippen molar-refractivity contribution in [3.05, 3.63) is 45.1 Å². The highest BCUT2D eigenvalue weighted by Crippen LogP contribution is 2.42. The van der Waals surface area contributed by atoms with Crippen LogP contribution in [0.1, 0.15) is 29.2 Å². The van der Waals surface area contributed by atoms with E-state index >= 15 is 0 Å². The van der Waals surface area contributed by atoms with Gasteiger partial charge in [0, 0.05) is 18.1 Å². The maximum absolute atomic E-state index is 13.2. The number of rotatable bonds is 1. The number of fused-ring (bicyclic) bond motifs is 1. The number of benzene rings is 1. The van der Waals surface area contributed by atoms with Crippen LogP contribution in [-0.4, -0.2) is 10.1 Å². The second-order valence-corrected chi connectivity index (χ2v) is 5.74. The van der Waals surface area contributed by atoms with Crippen LogP contribution in [-0.2, 0) is 0 Å². The summed E-state index contributed by atoms with van der Waals surface area (Å²) in [6.45, 7) is 0. The highest BCUT2D eigenvalue weighted by molar-refractivity contribution is 7.15. The fraction of sp³-hybridized carbons (Fsp3) is 0.250. The van der Waals surface area contributed by atoms with E-state index in [1.807, 2.05) is 0 Å². The van der Waals surface area contributed by atoms with E-state index in [1.165, 1.54) is 23.5 Å². The van der Waals surface area contributed by atoms with E-state index in [-0.39, 0.29) is 6.10 Å². The van der Waals surface area contributed by atoms with Crippen molar-refractivity contribution in [2.45, 2.75) is 18.6 Å². The van der Waals surface area contributed by atoms with Gasteiger partial charge in [-0.2, -0.15) is 0 Å². The van der Waals surface area contributed by atoms with Gasteiger partial charge in [0.1, 0.15) is 20.9 Å². The van der Waals surface area contributed by atoms with E-state index < -0.39 is 11.9 Å². The van der Waals surface area contributed by atoms with Gasteiger partial charge in [0.15, 0.2) is 6.10 Å². The minimum atomic E-state index is -0.679. The number of nitrogens with zero attached hydrogens (tertiary/aromatic N) is 1. The van der Waals surface area contributed by atoms with Crippen molar-refractivity contribution >= 4 is 22.9 Å². The van der Waals surface area contributed by atoms with Gasteiger partial charge in [-0.3, -0.25) is 0 Å². The number of aliphatic hydroxyl groups is 1. The Balaban J connectivity index is 1.95. The zero-order valence-electron chi connectivity index (χ0n) is 9.14. The minimum absolute atomic E-state index is 0.366. The summed E-state index contributed by atoms with van der Waals surface area (Å²) in [5, 5.41) is 10.7. The highest BCUT2D eigenvalue weighted by Gasteiger charge is 2.30. The molecule has 2 heterocycles. The Morgan fingerprint density at radius 1 is 1.50 bits per heavy atom. The lowest BCUT2D eigenvalue weighted by Crippen LogP contribution is -2.19. The summed E-state index contributed by atoms with van der Waals surface area (Å²) in [4.78, 5) is 4.13. The van der Waals surface area contributed by atoms with Gasteiger partial charge >= 0.3 is 0 Å². The van der Waals surface area contributed by atoms with Crippen LogP contribution in [0.15, 0.2) is 24.4 Å². The number of thiazole rings is 1. The van der Waals surface area contributed by atoms with Crippen LogP contribution < -0.4 is 4.74 Å². The largest absolute Gasteiger partial charge is 0.483 e. The number of aromatic nitrogens is 1. The second kappa shape index (κ2) is 4.50. The van der Waals surface area contributed by atoms with E-state index in [4.69, 9.17) is 16.3 Å². The fourth-order valence-electron chi connectivity index (χ4n) is 1.98. The van der Waals surface area contributed by atoms with Crippen LogP contribution in [0.3, 0.4) is 0 Å². The lowest BCUT2D eigenvalue weighted by molar-refractivity contribution is 0.0652. The molecular weight excluding hydrogens is 277 g/mol. The zero-order chi connectivity index (χ0) is 12.7. The van der Waals surface area contributed by atoms with E-state index in [0.29, 0.717) is 27.1 Å². The SMILES string of the molecule is O[C@@H]1CC(c2ncc(Cl)s2)Oc2cc(F)ccc21. The van der Waals surface area contributed by atoms with Crippen molar-refractivity contribution in [2.24, 2.45) is 0 Å². The molecule has 18 heavy (non-hydrogen) atoms. The zero-order valence-corrected chi connectivity index (χ0v) is 10.7. The van der Waals surface area contributed by atoms with Crippen LogP contribution >= 0.6 is 22.9 Å². The Kier molecular flexibility index (Phi) is 2.97. The second-order valence-electron chi connectivity index (χ2n) is 4.04. The maximum Gasteiger partial charge on any atom is 0.153 e. The molecule has 0 saturated carbocycles. The molecule has 0 amide bonds. The Hall–Kier alpha value is -1.17. The molecule has 0 radical (unpaired) electrons. The molecule has 1 unspecified atom stereocenters. The van der Waals surface area contributed by atoms with Crippen molar-refractivity contribution in [3.8, 4) is 5.75 Å². The summed E-state index contributed by atoms with van der Waals surface area (Å²) in [5.74, 6) is -0.0242. The highest BCUT2D eigenvalue weighted by atomic mass is 35.5. The van der Waals surface area contributed by atoms with E-state index in [0.717, 1.165) is 0 Å². The number of aliphatic hydroxyl groups excluding tert-OH is 1. The quantitative estimate of drug-likeness (QED) is 0.872. The summed E-state index contributed by atoms with van der Waals surface area (Å²) in [6.07, 6.45) is 0.870. The third-order valence-electron chi connectivity index (χ3n) is 2.81. The number of hydrogen-bond donors (Lipinski definition) is 1. The van der Waals surface area contributed by atoms with Crippen LogP contribution in [0.5, 0.6) is 5.75 Å². The molecule has 0 aliphatic carbocycles. The molecule has 2 atom stereocenters. The van der Waals surface area contributed by atoms with E-state index in [1.54, 1.807) is 12.3 Å². The molecule has 1 aromatic carbocycles. The van der Waals surface area contributed by atoms with Gasteiger partial charge in [0.25, 0.3) is 0 Å². The third kappa shape index (κ3) is 2.09. The number of halogens is 2. The average molecular weight is 286 g/mol. The summed E-state index contributed by atoms with van der Waals surface area (Å²) < 4.78 is 19.4. The normalized spacial score (nSPS) is 22.4. The predicted molar refractivity (Wildman–Crippen MR) is 66.5 cm³/mol. The van der Waals surface area contributed by atoms with Crippen LogP contribution in [0, 0.1) is 5.82 Å². The molecule has 0 fully saturated rings. The molecule has 2 aromatic rings. The number of ether oxygens (including phenoxy) is 1. The molecule has 1 aromatic heterocycles. The van der Waals surface area contributed by atoms with Crippen LogP contribution in [0.2, 0.25) is 4.34 Å². The molecule has 6 heteroatoms. The average Bonchev–Trinajstić information content (AvgIpc) is 2.75. The maximum atomic E-state index is 13.2. The van der Waals surface area contributed by atoms with Crippen LogP contribution in [0.25, 0.3) is 0 Å². The van der Waals surface area contributed by atoms with Gasteiger partial charge in [0.05, 0.1) is 12.3 Å².